The summed E-state index contributed by atoms with van der Waals surface area (Å²) in [5.74, 6) is 0.711. The number of nitrogen functional groups attached to an aromatic ring is 1. The molecular formula is C17H16FN3O2. The molecule has 1 aliphatic rings. The van der Waals surface area contributed by atoms with Gasteiger partial charge in [-0.15, -0.1) is 0 Å². The summed E-state index contributed by atoms with van der Waals surface area (Å²) in [6.45, 7) is 1.82. The first kappa shape index (κ1) is 14.0. The number of imidazole rings is 1. The number of hydrogen-bond donors (Lipinski definition) is 2. The number of anilines is 1. The van der Waals surface area contributed by atoms with Crippen LogP contribution < -0.4 is 10.5 Å². The van der Waals surface area contributed by atoms with E-state index in [0.717, 1.165) is 5.56 Å². The Labute approximate surface area is 132 Å². The molecule has 0 saturated heterocycles. The van der Waals surface area contributed by atoms with E-state index in [1.54, 1.807) is 28.8 Å². The van der Waals surface area contributed by atoms with Crippen LogP contribution in [0.2, 0.25) is 0 Å². The zero-order valence-electron chi connectivity index (χ0n) is 12.5. The smallest absolute Gasteiger partial charge is 0.181 e. The number of fused-ring (bicyclic) bond motifs is 2. The molecule has 118 valence electrons. The molecule has 0 amide bonds. The van der Waals surface area contributed by atoms with Gasteiger partial charge >= 0.3 is 0 Å². The maximum absolute atomic E-state index is 13.5. The zero-order valence-corrected chi connectivity index (χ0v) is 12.5. The second-order valence-electron chi connectivity index (χ2n) is 5.80. The van der Waals surface area contributed by atoms with Crippen molar-refractivity contribution in [3.05, 3.63) is 59.2 Å². The minimum absolute atomic E-state index is 0.342. The van der Waals surface area contributed by atoms with E-state index in [2.05, 4.69) is 4.98 Å². The molecule has 0 fully saturated rings. The Hall–Kier alpha value is -2.60. The standard InChI is InChI=1S/C17H16FN3O2/c1-9-16(19)21-6-2-3-14(17(21)20-9)23-15-12-8-11(18)5-4-10(12)7-13(15)22/h2-6,8,13,15,22H,7,19H2,1H3. The lowest BCUT2D eigenvalue weighted by Crippen LogP contribution is -2.19. The number of halogens is 1. The third-order valence-corrected chi connectivity index (χ3v) is 4.28. The molecule has 1 aliphatic carbocycles. The van der Waals surface area contributed by atoms with Crippen molar-refractivity contribution in [3.63, 3.8) is 0 Å². The summed E-state index contributed by atoms with van der Waals surface area (Å²) in [4.78, 5) is 4.41. The summed E-state index contributed by atoms with van der Waals surface area (Å²) in [6.07, 6.45) is 0.903. The molecule has 5 nitrogen and oxygen atoms in total. The quantitative estimate of drug-likeness (QED) is 0.762. The van der Waals surface area contributed by atoms with Crippen LogP contribution in [0.1, 0.15) is 22.9 Å². The van der Waals surface area contributed by atoms with Crippen LogP contribution in [0.15, 0.2) is 36.5 Å². The van der Waals surface area contributed by atoms with Gasteiger partial charge in [-0.25, -0.2) is 9.37 Å². The van der Waals surface area contributed by atoms with Gasteiger partial charge in [-0.05, 0) is 36.8 Å². The molecule has 2 unspecified atom stereocenters. The topological polar surface area (TPSA) is 72.8 Å². The summed E-state index contributed by atoms with van der Waals surface area (Å²) >= 11 is 0. The molecule has 0 bridgehead atoms. The first-order chi connectivity index (χ1) is 11.0. The molecule has 0 spiro atoms. The van der Waals surface area contributed by atoms with Crippen LogP contribution in [-0.4, -0.2) is 20.6 Å². The molecular weight excluding hydrogens is 297 g/mol. The number of nitrogens with two attached hydrogens (primary N) is 1. The van der Waals surface area contributed by atoms with Gasteiger partial charge in [-0.3, -0.25) is 4.40 Å². The second-order valence-corrected chi connectivity index (χ2v) is 5.80. The average Bonchev–Trinajstić information content (AvgIpc) is 2.99. The van der Waals surface area contributed by atoms with Crippen molar-refractivity contribution in [1.82, 2.24) is 9.38 Å². The molecule has 2 heterocycles. The van der Waals surface area contributed by atoms with Gasteiger partial charge in [-0.2, -0.15) is 0 Å². The van der Waals surface area contributed by atoms with Crippen LogP contribution in [0.4, 0.5) is 10.2 Å². The lowest BCUT2D eigenvalue weighted by molar-refractivity contribution is 0.0501. The maximum atomic E-state index is 13.5. The number of hydrogen-bond acceptors (Lipinski definition) is 4. The Balaban J connectivity index is 1.77. The van der Waals surface area contributed by atoms with Crippen LogP contribution in [0.25, 0.3) is 5.65 Å². The summed E-state index contributed by atoms with van der Waals surface area (Å²) < 4.78 is 21.3. The minimum Gasteiger partial charge on any atom is -0.479 e. The van der Waals surface area contributed by atoms with Crippen LogP contribution in [-0.2, 0) is 6.42 Å². The van der Waals surface area contributed by atoms with E-state index in [0.29, 0.717) is 34.9 Å². The van der Waals surface area contributed by atoms with Crippen molar-refractivity contribution in [2.75, 3.05) is 5.73 Å². The van der Waals surface area contributed by atoms with Crippen LogP contribution in [0.5, 0.6) is 5.75 Å². The average molecular weight is 313 g/mol. The summed E-state index contributed by atoms with van der Waals surface area (Å²) in [7, 11) is 0. The van der Waals surface area contributed by atoms with Crippen molar-refractivity contribution in [2.45, 2.75) is 25.6 Å². The molecule has 1 aromatic carbocycles. The van der Waals surface area contributed by atoms with E-state index in [4.69, 9.17) is 10.5 Å². The van der Waals surface area contributed by atoms with Gasteiger partial charge in [0.1, 0.15) is 11.6 Å². The third-order valence-electron chi connectivity index (χ3n) is 4.28. The predicted molar refractivity (Wildman–Crippen MR) is 83.8 cm³/mol. The summed E-state index contributed by atoms with van der Waals surface area (Å²) in [5.41, 5.74) is 8.85. The molecule has 4 rings (SSSR count). The van der Waals surface area contributed by atoms with Crippen LogP contribution >= 0.6 is 0 Å². The molecule has 3 aromatic rings. The number of nitrogens with zero attached hydrogens (tertiary/aromatic N) is 2. The molecule has 2 atom stereocenters. The van der Waals surface area contributed by atoms with Gasteiger partial charge in [0.15, 0.2) is 17.5 Å². The molecule has 2 aromatic heterocycles. The summed E-state index contributed by atoms with van der Waals surface area (Å²) in [6, 6.07) is 8.07. The van der Waals surface area contributed by atoms with Gasteiger partial charge in [-0.1, -0.05) is 6.07 Å². The Bertz CT molecular complexity index is 906. The predicted octanol–water partition coefficient (Wildman–Crippen LogP) is 2.40. The number of rotatable bonds is 2. The van der Waals surface area contributed by atoms with Gasteiger partial charge in [0.25, 0.3) is 0 Å². The lowest BCUT2D eigenvalue weighted by Gasteiger charge is -2.18. The summed E-state index contributed by atoms with van der Waals surface area (Å²) in [5, 5.41) is 10.3. The van der Waals surface area contributed by atoms with E-state index < -0.39 is 12.2 Å². The highest BCUT2D eigenvalue weighted by Crippen LogP contribution is 2.37. The van der Waals surface area contributed by atoms with Crippen molar-refractivity contribution in [2.24, 2.45) is 0 Å². The molecule has 0 saturated carbocycles. The number of aryl methyl sites for hydroxylation is 1. The van der Waals surface area contributed by atoms with Crippen molar-refractivity contribution in [1.29, 1.82) is 0 Å². The van der Waals surface area contributed by atoms with Gasteiger partial charge < -0.3 is 15.6 Å². The highest BCUT2D eigenvalue weighted by Gasteiger charge is 2.33. The molecule has 23 heavy (non-hydrogen) atoms. The number of aliphatic hydroxyl groups is 1. The highest BCUT2D eigenvalue weighted by molar-refractivity contribution is 5.61. The molecule has 6 heteroatoms. The Morgan fingerprint density at radius 2 is 2.22 bits per heavy atom. The Morgan fingerprint density at radius 3 is 3.04 bits per heavy atom. The lowest BCUT2D eigenvalue weighted by atomic mass is 10.1. The van der Waals surface area contributed by atoms with Gasteiger partial charge in [0.2, 0.25) is 0 Å². The molecule has 0 aliphatic heterocycles. The monoisotopic (exact) mass is 313 g/mol. The van der Waals surface area contributed by atoms with Gasteiger partial charge in [0.05, 0.1) is 11.8 Å². The fourth-order valence-corrected chi connectivity index (χ4v) is 3.10. The Kier molecular flexibility index (Phi) is 3.02. The van der Waals surface area contributed by atoms with E-state index in [1.807, 2.05) is 6.92 Å². The number of aromatic nitrogens is 2. The molecule has 0 radical (unpaired) electrons. The SMILES string of the molecule is Cc1nc2c(OC3c4cc(F)ccc4CC3O)cccn2c1N. The molecule has 3 N–H and O–H groups in total. The number of aliphatic hydroxyl groups excluding tert-OH is 1. The maximum Gasteiger partial charge on any atom is 0.181 e. The largest absolute Gasteiger partial charge is 0.479 e. The fourth-order valence-electron chi connectivity index (χ4n) is 3.10. The normalized spacial score (nSPS) is 20.0. The van der Waals surface area contributed by atoms with Crippen molar-refractivity contribution in [3.8, 4) is 5.75 Å². The zero-order chi connectivity index (χ0) is 16.1. The van der Waals surface area contributed by atoms with E-state index in [9.17, 15) is 9.50 Å². The van der Waals surface area contributed by atoms with Gasteiger partial charge in [0, 0.05) is 18.2 Å². The third kappa shape index (κ3) is 2.14. The van der Waals surface area contributed by atoms with E-state index in [-0.39, 0.29) is 5.82 Å². The second kappa shape index (κ2) is 4.96. The first-order valence-electron chi connectivity index (χ1n) is 7.41. The van der Waals surface area contributed by atoms with Crippen molar-refractivity contribution >= 4 is 11.5 Å². The minimum atomic E-state index is -0.722. The van der Waals surface area contributed by atoms with E-state index in [1.165, 1.54) is 12.1 Å². The number of pyridine rings is 1. The highest BCUT2D eigenvalue weighted by atomic mass is 19.1. The Morgan fingerprint density at radius 1 is 1.39 bits per heavy atom. The number of ether oxygens (including phenoxy) is 1. The van der Waals surface area contributed by atoms with E-state index >= 15 is 0 Å². The first-order valence-corrected chi connectivity index (χ1v) is 7.41. The number of benzene rings is 1. The van der Waals surface area contributed by atoms with Crippen LogP contribution in [0, 0.1) is 12.7 Å². The van der Waals surface area contributed by atoms with Crippen molar-refractivity contribution < 1.29 is 14.2 Å². The fraction of sp³-hybridized carbons (Fsp3) is 0.235. The van der Waals surface area contributed by atoms with Crippen LogP contribution in [0.3, 0.4) is 0 Å².